The van der Waals surface area contributed by atoms with E-state index in [0.29, 0.717) is 24.5 Å². The first-order valence-electron chi connectivity index (χ1n) is 11.2. The van der Waals surface area contributed by atoms with E-state index in [2.05, 4.69) is 36.0 Å². The van der Waals surface area contributed by atoms with Crippen LogP contribution in [0.3, 0.4) is 0 Å². The molecule has 184 valence electrons. The third-order valence-corrected chi connectivity index (χ3v) is 5.73. The lowest BCUT2D eigenvalue weighted by Gasteiger charge is -2.36. The number of anilines is 2. The molecule has 0 atom stereocenters. The molecule has 0 radical (unpaired) electrons. The zero-order valence-corrected chi connectivity index (χ0v) is 19.6. The molecule has 0 unspecified atom stereocenters. The number of pyridine rings is 1. The second-order valence-electron chi connectivity index (χ2n) is 8.19. The number of ether oxygens (including phenoxy) is 2. The number of alkyl halides is 2. The summed E-state index contributed by atoms with van der Waals surface area (Å²) >= 11 is 0. The third kappa shape index (κ3) is 6.16. The SMILES string of the molecule is COc1nn(C)cc1CNc1cc(C#N)cnc1N1CCN(Cc2cccc(OC(F)F)c2)CC1. The van der Waals surface area contributed by atoms with Gasteiger partial charge in [0.1, 0.15) is 11.8 Å². The molecule has 0 saturated carbocycles. The standard InChI is InChI=1S/C24H27F2N7O2/c1-31-16-19(23(30-31)34-2)14-28-21-11-18(12-27)13-29-22(21)33-8-6-32(7-9-33)15-17-4-3-5-20(10-17)35-24(25)26/h3-5,10-11,13,16,24,28H,6-9,14-15H2,1-2H3. The molecule has 3 heterocycles. The summed E-state index contributed by atoms with van der Waals surface area (Å²) in [7, 11) is 3.41. The van der Waals surface area contributed by atoms with Crippen LogP contribution in [-0.2, 0) is 20.1 Å². The van der Waals surface area contributed by atoms with Gasteiger partial charge in [-0.05, 0) is 23.8 Å². The fraction of sp³-hybridized carbons (Fsp3) is 0.375. The molecular formula is C24H27F2N7O2. The Bertz CT molecular complexity index is 1190. The molecule has 35 heavy (non-hydrogen) atoms. The van der Waals surface area contributed by atoms with Crippen LogP contribution in [0.4, 0.5) is 20.3 Å². The van der Waals surface area contributed by atoms with E-state index in [1.54, 1.807) is 36.2 Å². The molecule has 0 aliphatic carbocycles. The van der Waals surface area contributed by atoms with Gasteiger partial charge in [0.05, 0.1) is 23.9 Å². The second kappa shape index (κ2) is 11.0. The molecular weight excluding hydrogens is 456 g/mol. The van der Waals surface area contributed by atoms with Gasteiger partial charge in [0.25, 0.3) is 0 Å². The molecule has 0 amide bonds. The normalized spacial score (nSPS) is 14.1. The van der Waals surface area contributed by atoms with Gasteiger partial charge < -0.3 is 19.7 Å². The molecule has 1 aliphatic rings. The second-order valence-corrected chi connectivity index (χ2v) is 8.19. The number of benzene rings is 1. The van der Waals surface area contributed by atoms with Gasteiger partial charge in [0.15, 0.2) is 5.82 Å². The smallest absolute Gasteiger partial charge is 0.387 e. The molecule has 4 rings (SSSR count). The summed E-state index contributed by atoms with van der Waals surface area (Å²) in [5.41, 5.74) is 3.05. The number of rotatable bonds is 9. The molecule has 9 nitrogen and oxygen atoms in total. The fourth-order valence-electron chi connectivity index (χ4n) is 4.10. The number of hydrogen-bond donors (Lipinski definition) is 1. The summed E-state index contributed by atoms with van der Waals surface area (Å²) in [5, 5.41) is 17.0. The summed E-state index contributed by atoms with van der Waals surface area (Å²) in [4.78, 5) is 9.00. The number of hydrogen-bond acceptors (Lipinski definition) is 8. The summed E-state index contributed by atoms with van der Waals surface area (Å²) in [6, 6.07) is 10.7. The summed E-state index contributed by atoms with van der Waals surface area (Å²) in [6.07, 6.45) is 3.46. The maximum atomic E-state index is 12.5. The van der Waals surface area contributed by atoms with E-state index in [-0.39, 0.29) is 5.75 Å². The van der Waals surface area contributed by atoms with E-state index in [1.807, 2.05) is 19.3 Å². The predicted molar refractivity (Wildman–Crippen MR) is 127 cm³/mol. The van der Waals surface area contributed by atoms with E-state index >= 15 is 0 Å². The van der Waals surface area contributed by atoms with Crippen molar-refractivity contribution in [3.63, 3.8) is 0 Å². The van der Waals surface area contributed by atoms with Crippen molar-refractivity contribution in [2.75, 3.05) is 43.5 Å². The van der Waals surface area contributed by atoms with Crippen LogP contribution in [0.1, 0.15) is 16.7 Å². The molecule has 11 heteroatoms. The molecule has 1 aliphatic heterocycles. The summed E-state index contributed by atoms with van der Waals surface area (Å²) < 4.78 is 36.5. The van der Waals surface area contributed by atoms with Crippen LogP contribution in [0, 0.1) is 11.3 Å². The Morgan fingerprint density at radius 3 is 2.71 bits per heavy atom. The molecule has 0 spiro atoms. The van der Waals surface area contributed by atoms with Crippen molar-refractivity contribution < 1.29 is 18.3 Å². The Balaban J connectivity index is 1.41. The lowest BCUT2D eigenvalue weighted by Crippen LogP contribution is -2.46. The van der Waals surface area contributed by atoms with Crippen LogP contribution in [0.5, 0.6) is 11.6 Å². The van der Waals surface area contributed by atoms with Crippen LogP contribution in [-0.4, -0.2) is 59.6 Å². The molecule has 1 saturated heterocycles. The molecule has 1 fully saturated rings. The Hall–Kier alpha value is -3.91. The maximum Gasteiger partial charge on any atom is 0.387 e. The number of aryl methyl sites for hydroxylation is 1. The minimum atomic E-state index is -2.84. The van der Waals surface area contributed by atoms with Crippen LogP contribution >= 0.6 is 0 Å². The number of piperazine rings is 1. The average molecular weight is 484 g/mol. The predicted octanol–water partition coefficient (Wildman–Crippen LogP) is 3.23. The van der Waals surface area contributed by atoms with Crippen LogP contribution in [0.15, 0.2) is 42.7 Å². The lowest BCUT2D eigenvalue weighted by molar-refractivity contribution is -0.0499. The van der Waals surface area contributed by atoms with Crippen LogP contribution < -0.4 is 19.7 Å². The molecule has 2 aromatic heterocycles. The van der Waals surface area contributed by atoms with Crippen molar-refractivity contribution in [3.05, 3.63) is 59.4 Å². The Labute approximate surface area is 202 Å². The number of nitrogens with zero attached hydrogens (tertiary/aromatic N) is 6. The van der Waals surface area contributed by atoms with Gasteiger partial charge in [-0.2, -0.15) is 14.0 Å². The van der Waals surface area contributed by atoms with Crippen molar-refractivity contribution in [1.82, 2.24) is 19.7 Å². The number of aromatic nitrogens is 3. The Morgan fingerprint density at radius 1 is 1.20 bits per heavy atom. The van der Waals surface area contributed by atoms with Crippen molar-refractivity contribution in [2.45, 2.75) is 19.7 Å². The van der Waals surface area contributed by atoms with E-state index in [9.17, 15) is 14.0 Å². The highest BCUT2D eigenvalue weighted by Crippen LogP contribution is 2.27. The number of nitrogens with one attached hydrogen (secondary N) is 1. The lowest BCUT2D eigenvalue weighted by atomic mass is 10.2. The van der Waals surface area contributed by atoms with Crippen molar-refractivity contribution in [2.24, 2.45) is 7.05 Å². The van der Waals surface area contributed by atoms with Gasteiger partial charge in [-0.25, -0.2) is 4.98 Å². The number of nitriles is 1. The van der Waals surface area contributed by atoms with Crippen LogP contribution in [0.2, 0.25) is 0 Å². The van der Waals surface area contributed by atoms with Crippen molar-refractivity contribution >= 4 is 11.5 Å². The Kier molecular flexibility index (Phi) is 7.62. The summed E-state index contributed by atoms with van der Waals surface area (Å²) in [6.45, 7) is 1.29. The highest BCUT2D eigenvalue weighted by Gasteiger charge is 2.21. The van der Waals surface area contributed by atoms with Crippen LogP contribution in [0.25, 0.3) is 0 Å². The third-order valence-electron chi connectivity index (χ3n) is 5.73. The topological polar surface area (TPSA) is 91.5 Å². The number of methoxy groups -OCH3 is 1. The molecule has 3 aromatic rings. The first-order valence-corrected chi connectivity index (χ1v) is 11.2. The van der Waals surface area contributed by atoms with Gasteiger partial charge in [-0.15, -0.1) is 5.10 Å². The highest BCUT2D eigenvalue weighted by atomic mass is 19.3. The van der Waals surface area contributed by atoms with Gasteiger partial charge in [-0.3, -0.25) is 9.58 Å². The van der Waals surface area contributed by atoms with E-state index in [0.717, 1.165) is 48.8 Å². The van der Waals surface area contributed by atoms with E-state index < -0.39 is 6.61 Å². The largest absolute Gasteiger partial charge is 0.480 e. The highest BCUT2D eigenvalue weighted by molar-refractivity contribution is 5.68. The summed E-state index contributed by atoms with van der Waals surface area (Å²) in [5.74, 6) is 1.49. The zero-order chi connectivity index (χ0) is 24.8. The quantitative estimate of drug-likeness (QED) is 0.496. The molecule has 0 bridgehead atoms. The minimum Gasteiger partial charge on any atom is -0.480 e. The van der Waals surface area contributed by atoms with E-state index in [1.165, 1.54) is 6.07 Å². The average Bonchev–Trinajstić information content (AvgIpc) is 3.22. The van der Waals surface area contributed by atoms with Gasteiger partial charge in [0, 0.05) is 58.7 Å². The van der Waals surface area contributed by atoms with Crippen molar-refractivity contribution in [3.8, 4) is 17.7 Å². The Morgan fingerprint density at radius 2 is 2.00 bits per heavy atom. The molecule has 1 aromatic carbocycles. The van der Waals surface area contributed by atoms with Gasteiger partial charge in [-0.1, -0.05) is 12.1 Å². The van der Waals surface area contributed by atoms with E-state index in [4.69, 9.17) is 4.74 Å². The van der Waals surface area contributed by atoms with Crippen molar-refractivity contribution in [1.29, 1.82) is 5.26 Å². The fourth-order valence-corrected chi connectivity index (χ4v) is 4.10. The molecule has 1 N–H and O–H groups in total. The first-order chi connectivity index (χ1) is 16.9. The monoisotopic (exact) mass is 483 g/mol. The minimum absolute atomic E-state index is 0.166. The first kappa shape index (κ1) is 24.2. The zero-order valence-electron chi connectivity index (χ0n) is 19.6. The van der Waals surface area contributed by atoms with Gasteiger partial charge >= 0.3 is 6.61 Å². The maximum absolute atomic E-state index is 12.5. The van der Waals surface area contributed by atoms with Gasteiger partial charge in [0.2, 0.25) is 5.88 Å². The number of halogens is 2.